The number of nitrogens with one attached hydrogen (secondary N) is 1. The number of benzene rings is 1. The zero-order chi connectivity index (χ0) is 20.1. The molecule has 0 atom stereocenters. The zero-order valence-electron chi connectivity index (χ0n) is 16.8. The quantitative estimate of drug-likeness (QED) is 0.525. The fourth-order valence-electron chi connectivity index (χ4n) is 4.42. The second kappa shape index (κ2) is 6.88. The van der Waals surface area contributed by atoms with Crippen LogP contribution >= 0.6 is 11.3 Å². The van der Waals surface area contributed by atoms with Crippen molar-refractivity contribution in [3.05, 3.63) is 62.5 Å². The number of hydrogen-bond donors (Lipinski definition) is 1. The molecule has 6 heteroatoms. The maximum atomic E-state index is 12.9. The molecule has 148 valence electrons. The molecule has 0 unspecified atom stereocenters. The van der Waals surface area contributed by atoms with Gasteiger partial charge in [0, 0.05) is 27.5 Å². The fraction of sp³-hybridized carbons (Fsp3) is 0.304. The summed E-state index contributed by atoms with van der Waals surface area (Å²) in [5.74, 6) is 1.48. The Morgan fingerprint density at radius 1 is 1.14 bits per heavy atom. The van der Waals surface area contributed by atoms with Crippen LogP contribution in [-0.4, -0.2) is 21.6 Å². The standard InChI is InChI=1S/C23H23N3O2S/c1-13-12-18(14(2)26(13)15-8-10-16(28-3)11-9-15)21-24-22(27)20-17-6-4-5-7-19(17)29-23(20)25-21/h8-12H,4-7H2,1-3H3,(H,24,25,27). The lowest BCUT2D eigenvalue weighted by atomic mass is 9.97. The van der Waals surface area contributed by atoms with Crippen LogP contribution in [0.2, 0.25) is 0 Å². The van der Waals surface area contributed by atoms with Crippen LogP contribution in [0, 0.1) is 13.8 Å². The first-order chi connectivity index (χ1) is 14.1. The number of thiophene rings is 1. The molecule has 0 bridgehead atoms. The minimum Gasteiger partial charge on any atom is -0.497 e. The molecular formula is C23H23N3O2S. The molecule has 3 heterocycles. The number of fused-ring (bicyclic) bond motifs is 3. The Hall–Kier alpha value is -2.86. The summed E-state index contributed by atoms with van der Waals surface area (Å²) in [5.41, 5.74) is 5.37. The van der Waals surface area contributed by atoms with Crippen LogP contribution < -0.4 is 10.3 Å². The lowest BCUT2D eigenvalue weighted by molar-refractivity contribution is 0.414. The third-order valence-electron chi connectivity index (χ3n) is 5.84. The average molecular weight is 406 g/mol. The van der Waals surface area contributed by atoms with Gasteiger partial charge in [-0.25, -0.2) is 4.98 Å². The average Bonchev–Trinajstić information content (AvgIpc) is 3.25. The Morgan fingerprint density at radius 2 is 1.90 bits per heavy atom. The molecule has 0 fully saturated rings. The third kappa shape index (κ3) is 2.90. The largest absolute Gasteiger partial charge is 0.497 e. The van der Waals surface area contributed by atoms with Crippen molar-refractivity contribution >= 4 is 21.6 Å². The van der Waals surface area contributed by atoms with Crippen LogP contribution in [0.5, 0.6) is 5.75 Å². The van der Waals surface area contributed by atoms with Gasteiger partial charge in [0.15, 0.2) is 0 Å². The molecule has 1 aromatic carbocycles. The van der Waals surface area contributed by atoms with Crippen molar-refractivity contribution in [3.63, 3.8) is 0 Å². The molecule has 4 aromatic rings. The molecule has 0 spiro atoms. The van der Waals surface area contributed by atoms with E-state index in [9.17, 15) is 4.79 Å². The van der Waals surface area contributed by atoms with Gasteiger partial charge in [-0.2, -0.15) is 0 Å². The number of aryl methyl sites for hydroxylation is 3. The zero-order valence-corrected chi connectivity index (χ0v) is 17.7. The summed E-state index contributed by atoms with van der Waals surface area (Å²) in [7, 11) is 1.67. The molecule has 3 aromatic heterocycles. The first kappa shape index (κ1) is 18.2. The van der Waals surface area contributed by atoms with Gasteiger partial charge in [-0.05, 0) is 75.4 Å². The van der Waals surface area contributed by atoms with Crippen LogP contribution in [0.1, 0.15) is 34.7 Å². The Morgan fingerprint density at radius 3 is 2.66 bits per heavy atom. The van der Waals surface area contributed by atoms with E-state index in [0.717, 1.165) is 57.9 Å². The predicted octanol–water partition coefficient (Wildman–Crippen LogP) is 4.95. The molecule has 0 saturated heterocycles. The van der Waals surface area contributed by atoms with Crippen molar-refractivity contribution in [1.29, 1.82) is 0 Å². The molecular weight excluding hydrogens is 382 g/mol. The van der Waals surface area contributed by atoms with Crippen molar-refractivity contribution in [1.82, 2.24) is 14.5 Å². The maximum Gasteiger partial charge on any atom is 0.260 e. The van der Waals surface area contributed by atoms with Crippen molar-refractivity contribution in [2.75, 3.05) is 7.11 Å². The maximum absolute atomic E-state index is 12.9. The van der Waals surface area contributed by atoms with Gasteiger partial charge in [-0.15, -0.1) is 11.3 Å². The molecule has 1 aliphatic carbocycles. The molecule has 5 nitrogen and oxygen atoms in total. The van der Waals surface area contributed by atoms with E-state index in [1.54, 1.807) is 18.4 Å². The van der Waals surface area contributed by atoms with Gasteiger partial charge in [0.25, 0.3) is 5.56 Å². The number of methoxy groups -OCH3 is 1. The van der Waals surface area contributed by atoms with E-state index in [4.69, 9.17) is 9.72 Å². The van der Waals surface area contributed by atoms with Crippen molar-refractivity contribution in [2.45, 2.75) is 39.5 Å². The van der Waals surface area contributed by atoms with E-state index in [0.29, 0.717) is 5.82 Å². The van der Waals surface area contributed by atoms with Crippen molar-refractivity contribution in [2.24, 2.45) is 0 Å². The summed E-state index contributed by atoms with van der Waals surface area (Å²) < 4.78 is 7.45. The monoisotopic (exact) mass is 405 g/mol. The number of nitrogens with zero attached hydrogens (tertiary/aromatic N) is 2. The van der Waals surface area contributed by atoms with E-state index >= 15 is 0 Å². The Labute approximate surface area is 173 Å². The highest BCUT2D eigenvalue weighted by Gasteiger charge is 2.21. The van der Waals surface area contributed by atoms with Gasteiger partial charge in [-0.3, -0.25) is 4.79 Å². The van der Waals surface area contributed by atoms with Gasteiger partial charge in [0.05, 0.1) is 12.5 Å². The Kier molecular flexibility index (Phi) is 4.32. The van der Waals surface area contributed by atoms with E-state index < -0.39 is 0 Å². The lowest BCUT2D eigenvalue weighted by Crippen LogP contribution is -2.11. The van der Waals surface area contributed by atoms with Gasteiger partial charge >= 0.3 is 0 Å². The topological polar surface area (TPSA) is 59.9 Å². The van der Waals surface area contributed by atoms with E-state index in [1.165, 1.54) is 16.9 Å². The van der Waals surface area contributed by atoms with E-state index in [-0.39, 0.29) is 5.56 Å². The molecule has 1 aliphatic rings. The molecule has 29 heavy (non-hydrogen) atoms. The number of hydrogen-bond acceptors (Lipinski definition) is 4. The summed E-state index contributed by atoms with van der Waals surface area (Å²) in [4.78, 5) is 23.1. The van der Waals surface area contributed by atoms with Gasteiger partial charge in [-0.1, -0.05) is 0 Å². The van der Waals surface area contributed by atoms with E-state index in [2.05, 4.69) is 29.5 Å². The highest BCUT2D eigenvalue weighted by atomic mass is 32.1. The highest BCUT2D eigenvalue weighted by Crippen LogP contribution is 2.35. The molecule has 0 radical (unpaired) electrons. The summed E-state index contributed by atoms with van der Waals surface area (Å²) in [6, 6.07) is 10.1. The highest BCUT2D eigenvalue weighted by molar-refractivity contribution is 7.18. The smallest absolute Gasteiger partial charge is 0.260 e. The number of rotatable bonds is 3. The van der Waals surface area contributed by atoms with Gasteiger partial charge in [0.2, 0.25) is 0 Å². The minimum absolute atomic E-state index is 0.0151. The lowest BCUT2D eigenvalue weighted by Gasteiger charge is -2.11. The molecule has 0 saturated carbocycles. The van der Waals surface area contributed by atoms with Gasteiger partial charge in [0.1, 0.15) is 16.4 Å². The second-order valence-electron chi connectivity index (χ2n) is 7.62. The second-order valence-corrected chi connectivity index (χ2v) is 8.71. The predicted molar refractivity (Wildman–Crippen MR) is 118 cm³/mol. The minimum atomic E-state index is -0.0151. The summed E-state index contributed by atoms with van der Waals surface area (Å²) in [6.07, 6.45) is 4.42. The van der Waals surface area contributed by atoms with E-state index in [1.807, 2.05) is 24.3 Å². The van der Waals surface area contributed by atoms with Crippen molar-refractivity contribution < 1.29 is 4.74 Å². The third-order valence-corrected chi connectivity index (χ3v) is 7.03. The first-order valence-corrected chi connectivity index (χ1v) is 10.8. The summed E-state index contributed by atoms with van der Waals surface area (Å²) >= 11 is 1.69. The number of H-pyrrole nitrogens is 1. The Bertz CT molecular complexity index is 1280. The Balaban J connectivity index is 1.64. The molecule has 5 rings (SSSR count). The first-order valence-electron chi connectivity index (χ1n) is 9.95. The van der Waals surface area contributed by atoms with Gasteiger partial charge < -0.3 is 14.3 Å². The fourth-order valence-corrected chi connectivity index (χ4v) is 5.68. The van der Waals surface area contributed by atoms with Crippen LogP contribution in [0.3, 0.4) is 0 Å². The molecule has 0 aliphatic heterocycles. The molecule has 0 amide bonds. The SMILES string of the molecule is COc1ccc(-n2c(C)cc(-c3nc4sc5c(c4c(=O)[nH]3)CCCC5)c2C)cc1. The van der Waals surface area contributed by atoms with Crippen LogP contribution in [0.4, 0.5) is 0 Å². The number of ether oxygens (including phenoxy) is 1. The number of aromatic amines is 1. The van der Waals surface area contributed by atoms with Crippen LogP contribution in [0.15, 0.2) is 35.1 Å². The normalized spacial score (nSPS) is 13.6. The van der Waals surface area contributed by atoms with Crippen LogP contribution in [0.25, 0.3) is 27.3 Å². The summed E-state index contributed by atoms with van der Waals surface area (Å²) in [6.45, 7) is 4.14. The molecule has 1 N–H and O–H groups in total. The number of aromatic nitrogens is 3. The summed E-state index contributed by atoms with van der Waals surface area (Å²) in [5, 5.41) is 0.803. The van der Waals surface area contributed by atoms with Crippen molar-refractivity contribution in [3.8, 4) is 22.8 Å². The van der Waals surface area contributed by atoms with Crippen LogP contribution in [-0.2, 0) is 12.8 Å².